The summed E-state index contributed by atoms with van der Waals surface area (Å²) in [5.74, 6) is 0.660. The average Bonchev–Trinajstić information content (AvgIpc) is 3.38. The number of carbonyl (C=O) groups excluding carboxylic acids is 1. The Labute approximate surface area is 222 Å². The number of amides is 1. The van der Waals surface area contributed by atoms with Crippen LogP contribution in [0.4, 0.5) is 5.69 Å². The van der Waals surface area contributed by atoms with Gasteiger partial charge in [-0.2, -0.15) is 0 Å². The van der Waals surface area contributed by atoms with E-state index in [1.807, 2.05) is 32.9 Å². The molecular weight excluding hydrogens is 488 g/mol. The quantitative estimate of drug-likeness (QED) is 0.406. The van der Waals surface area contributed by atoms with E-state index >= 15 is 0 Å². The molecule has 1 aliphatic carbocycles. The van der Waals surface area contributed by atoms with Gasteiger partial charge < -0.3 is 15.2 Å². The lowest BCUT2D eigenvalue weighted by Crippen LogP contribution is -2.48. The number of nitrogens with one attached hydrogen (secondary N) is 1. The second kappa shape index (κ2) is 12.3. The summed E-state index contributed by atoms with van der Waals surface area (Å²) in [5.41, 5.74) is 0.900. The molecule has 2 aromatic rings. The van der Waals surface area contributed by atoms with Crippen molar-refractivity contribution in [1.82, 2.24) is 5.32 Å². The monoisotopic (exact) mass is 530 g/mol. The number of nitrogens with zero attached hydrogens (tertiary/aromatic N) is 1. The van der Waals surface area contributed by atoms with Crippen molar-refractivity contribution in [2.45, 2.75) is 83.3 Å². The van der Waals surface area contributed by atoms with E-state index in [2.05, 4.69) is 12.2 Å². The maximum atomic E-state index is 13.8. The molecule has 0 unspecified atom stereocenters. The fraction of sp³-hybridized carbons (Fsp3) is 0.552. The molecule has 7 nitrogen and oxygen atoms in total. The van der Waals surface area contributed by atoms with Crippen molar-refractivity contribution < 1.29 is 23.1 Å². The lowest BCUT2D eigenvalue weighted by Gasteiger charge is -2.31. The van der Waals surface area contributed by atoms with Gasteiger partial charge in [-0.3, -0.25) is 9.10 Å². The van der Waals surface area contributed by atoms with Gasteiger partial charge in [0.2, 0.25) is 5.91 Å². The maximum absolute atomic E-state index is 13.8. The van der Waals surface area contributed by atoms with E-state index < -0.39 is 22.2 Å². The highest BCUT2D eigenvalue weighted by molar-refractivity contribution is 7.92. The summed E-state index contributed by atoms with van der Waals surface area (Å²) >= 11 is 0. The van der Waals surface area contributed by atoms with Gasteiger partial charge in [0.1, 0.15) is 5.75 Å². The van der Waals surface area contributed by atoms with Gasteiger partial charge in [-0.05, 0) is 68.0 Å². The van der Waals surface area contributed by atoms with Crippen LogP contribution in [0.2, 0.25) is 0 Å². The summed E-state index contributed by atoms with van der Waals surface area (Å²) in [6.07, 6.45) is 4.01. The number of para-hydroxylation sites is 1. The Morgan fingerprint density at radius 1 is 1.08 bits per heavy atom. The van der Waals surface area contributed by atoms with Crippen LogP contribution < -0.4 is 14.4 Å². The molecule has 1 amide bonds. The van der Waals surface area contributed by atoms with Gasteiger partial charge >= 0.3 is 0 Å². The number of anilines is 1. The van der Waals surface area contributed by atoms with Crippen LogP contribution in [-0.4, -0.2) is 45.2 Å². The summed E-state index contributed by atoms with van der Waals surface area (Å²) in [7, 11) is -2.33. The minimum atomic E-state index is -3.87. The molecule has 2 aromatic carbocycles. The molecule has 1 aliphatic rings. The first kappa shape index (κ1) is 29.0. The van der Waals surface area contributed by atoms with Gasteiger partial charge in [0.25, 0.3) is 10.0 Å². The molecular formula is C29H42N2O5S. The smallest absolute Gasteiger partial charge is 0.264 e. The molecule has 0 aromatic heterocycles. The molecule has 37 heavy (non-hydrogen) atoms. The van der Waals surface area contributed by atoms with Crippen molar-refractivity contribution in [3.63, 3.8) is 0 Å². The second-order valence-electron chi connectivity index (χ2n) is 10.6. The number of rotatable bonds is 12. The van der Waals surface area contributed by atoms with Crippen molar-refractivity contribution >= 4 is 21.6 Å². The second-order valence-corrected chi connectivity index (χ2v) is 12.5. The largest absolute Gasteiger partial charge is 0.497 e. The molecule has 0 heterocycles. The van der Waals surface area contributed by atoms with Crippen molar-refractivity contribution in [3.8, 4) is 5.75 Å². The van der Waals surface area contributed by atoms with E-state index in [-0.39, 0.29) is 35.1 Å². The lowest BCUT2D eigenvalue weighted by atomic mass is 9.82. The van der Waals surface area contributed by atoms with Gasteiger partial charge in [0, 0.05) is 18.4 Å². The molecule has 1 saturated carbocycles. The van der Waals surface area contributed by atoms with Crippen LogP contribution in [0.25, 0.3) is 0 Å². The fourth-order valence-electron chi connectivity index (χ4n) is 5.11. The van der Waals surface area contributed by atoms with E-state index in [4.69, 9.17) is 4.74 Å². The topological polar surface area (TPSA) is 95.9 Å². The first-order valence-corrected chi connectivity index (χ1v) is 14.7. The Morgan fingerprint density at radius 2 is 1.70 bits per heavy atom. The predicted octanol–water partition coefficient (Wildman–Crippen LogP) is 4.93. The average molecular weight is 531 g/mol. The van der Waals surface area contributed by atoms with Gasteiger partial charge in [0.15, 0.2) is 0 Å². The van der Waals surface area contributed by atoms with E-state index in [9.17, 15) is 18.3 Å². The van der Waals surface area contributed by atoms with Crippen LogP contribution in [0.5, 0.6) is 5.75 Å². The third kappa shape index (κ3) is 6.65. The third-order valence-electron chi connectivity index (χ3n) is 7.52. The highest BCUT2D eigenvalue weighted by Gasteiger charge is 2.40. The van der Waals surface area contributed by atoms with Gasteiger partial charge in [0.05, 0.1) is 29.8 Å². The molecule has 0 aliphatic heterocycles. The van der Waals surface area contributed by atoms with Crippen LogP contribution >= 0.6 is 0 Å². The SMILES string of the molecule is CCC1(C(=O)N[C@@H](C)[C@H](O)Cc2ccccc2N(CC(C)C)S(=O)(=O)c2ccc(OC)cc2)CCCC1. The molecule has 0 spiro atoms. The number of methoxy groups -OCH3 is 1. The Bertz CT molecular complexity index is 1140. The van der Waals surface area contributed by atoms with Crippen LogP contribution in [0.15, 0.2) is 53.4 Å². The number of aliphatic hydroxyl groups is 1. The molecule has 0 radical (unpaired) electrons. The lowest BCUT2D eigenvalue weighted by molar-refractivity contribution is -0.132. The standard InChI is InChI=1S/C29H42N2O5S/c1-6-29(17-9-10-18-29)28(33)30-22(4)27(32)19-23-11-7-8-12-26(23)31(20-21(2)3)37(34,35)25-15-13-24(36-5)14-16-25/h7-8,11-16,21-22,27,32H,6,9-10,17-20H2,1-5H3,(H,30,33)/t22-,27+/m0/s1. The van der Waals surface area contributed by atoms with Crippen molar-refractivity contribution in [1.29, 1.82) is 0 Å². The zero-order chi connectivity index (χ0) is 27.2. The number of benzene rings is 2. The van der Waals surface area contributed by atoms with E-state index in [0.29, 0.717) is 17.0 Å². The normalized spacial score (nSPS) is 16.8. The van der Waals surface area contributed by atoms with Gasteiger partial charge in [-0.25, -0.2) is 8.42 Å². The van der Waals surface area contributed by atoms with E-state index in [0.717, 1.165) is 32.1 Å². The summed E-state index contributed by atoms with van der Waals surface area (Å²) in [6, 6.07) is 13.1. The summed E-state index contributed by atoms with van der Waals surface area (Å²) in [5, 5.41) is 14.1. The third-order valence-corrected chi connectivity index (χ3v) is 9.32. The Balaban J connectivity index is 1.86. The number of sulfonamides is 1. The molecule has 3 rings (SSSR count). The van der Waals surface area contributed by atoms with E-state index in [1.54, 1.807) is 36.4 Å². The van der Waals surface area contributed by atoms with Crippen molar-refractivity contribution in [2.75, 3.05) is 18.0 Å². The Hall–Kier alpha value is -2.58. The minimum absolute atomic E-state index is 0.0100. The zero-order valence-electron chi connectivity index (χ0n) is 22.7. The number of carbonyl (C=O) groups is 1. The fourth-order valence-corrected chi connectivity index (χ4v) is 6.78. The molecule has 8 heteroatoms. The van der Waals surface area contributed by atoms with Crippen LogP contribution in [0.3, 0.4) is 0 Å². The van der Waals surface area contributed by atoms with Crippen molar-refractivity contribution in [2.24, 2.45) is 11.3 Å². The zero-order valence-corrected chi connectivity index (χ0v) is 23.6. The number of hydrogen-bond donors (Lipinski definition) is 2. The highest BCUT2D eigenvalue weighted by atomic mass is 32.2. The van der Waals surface area contributed by atoms with Crippen LogP contribution in [0, 0.1) is 11.3 Å². The summed E-state index contributed by atoms with van der Waals surface area (Å²) < 4.78 is 34.1. The number of ether oxygens (including phenoxy) is 1. The molecule has 0 saturated heterocycles. The van der Waals surface area contributed by atoms with Crippen LogP contribution in [0.1, 0.15) is 65.4 Å². The molecule has 204 valence electrons. The number of hydrogen-bond acceptors (Lipinski definition) is 5. The van der Waals surface area contributed by atoms with Gasteiger partial charge in [-0.1, -0.05) is 51.8 Å². The maximum Gasteiger partial charge on any atom is 0.264 e. The first-order valence-electron chi connectivity index (χ1n) is 13.3. The minimum Gasteiger partial charge on any atom is -0.497 e. The molecule has 2 atom stereocenters. The Morgan fingerprint density at radius 3 is 2.27 bits per heavy atom. The van der Waals surface area contributed by atoms with Crippen molar-refractivity contribution in [3.05, 3.63) is 54.1 Å². The summed E-state index contributed by atoms with van der Waals surface area (Å²) in [4.78, 5) is 13.3. The van der Waals surface area contributed by atoms with Gasteiger partial charge in [-0.15, -0.1) is 0 Å². The predicted molar refractivity (Wildman–Crippen MR) is 147 cm³/mol. The molecule has 2 N–H and O–H groups in total. The number of aliphatic hydroxyl groups excluding tert-OH is 1. The Kier molecular flexibility index (Phi) is 9.64. The van der Waals surface area contributed by atoms with Crippen LogP contribution in [-0.2, 0) is 21.2 Å². The molecule has 1 fully saturated rings. The first-order chi connectivity index (χ1) is 17.5. The molecule has 0 bridgehead atoms. The summed E-state index contributed by atoms with van der Waals surface area (Å²) in [6.45, 7) is 8.08. The highest BCUT2D eigenvalue weighted by Crippen LogP contribution is 2.41. The van der Waals surface area contributed by atoms with E-state index in [1.165, 1.54) is 11.4 Å².